The molecule has 0 saturated heterocycles. The monoisotopic (exact) mass is 385 g/mol. The summed E-state index contributed by atoms with van der Waals surface area (Å²) in [6.45, 7) is 0. The summed E-state index contributed by atoms with van der Waals surface area (Å²) in [6.07, 6.45) is 6.45. The number of hydrogen-bond acceptors (Lipinski definition) is 2. The van der Waals surface area contributed by atoms with Gasteiger partial charge in [-0.1, -0.05) is 12.8 Å². The maximum Gasteiger partial charge on any atom is 0.287 e. The second kappa shape index (κ2) is 5.25. The van der Waals surface area contributed by atoms with Gasteiger partial charge in [0.1, 0.15) is 4.47 Å². The van der Waals surface area contributed by atoms with Crippen molar-refractivity contribution in [3.63, 3.8) is 0 Å². The molecule has 1 aliphatic rings. The number of nitrogens with one attached hydrogen (secondary N) is 1. The van der Waals surface area contributed by atoms with Gasteiger partial charge in [-0.15, -0.1) is 0 Å². The Labute approximate surface area is 127 Å². The van der Waals surface area contributed by atoms with Gasteiger partial charge in [-0.3, -0.25) is 9.89 Å². The Morgan fingerprint density at radius 3 is 2.63 bits per heavy atom. The number of hydrogen-bond donors (Lipinski definition) is 1. The molecule has 0 spiro atoms. The normalized spacial score (nSPS) is 16.1. The van der Waals surface area contributed by atoms with Gasteiger partial charge in [0, 0.05) is 16.6 Å². The summed E-state index contributed by atoms with van der Waals surface area (Å²) in [5.74, 6) is 1.07. The third-order valence-electron chi connectivity index (χ3n) is 3.56. The molecule has 6 heteroatoms. The van der Waals surface area contributed by atoms with Crippen molar-refractivity contribution in [2.75, 3.05) is 0 Å². The summed E-state index contributed by atoms with van der Waals surface area (Å²) in [5.41, 5.74) is 0.934. The van der Waals surface area contributed by atoms with Crippen LogP contribution in [0.4, 0.5) is 0 Å². The summed E-state index contributed by atoms with van der Waals surface area (Å²) in [7, 11) is 0. The predicted molar refractivity (Wildman–Crippen MR) is 80.8 cm³/mol. The van der Waals surface area contributed by atoms with Gasteiger partial charge in [0.25, 0.3) is 5.56 Å². The van der Waals surface area contributed by atoms with Gasteiger partial charge in [0.05, 0.1) is 5.69 Å². The second-order valence-corrected chi connectivity index (χ2v) is 6.50. The minimum Gasteiger partial charge on any atom is -0.292 e. The molecule has 0 radical (unpaired) electrons. The molecule has 0 amide bonds. The molecule has 1 saturated carbocycles. The Morgan fingerprint density at radius 2 is 2.00 bits per heavy atom. The first-order chi connectivity index (χ1) is 9.16. The van der Waals surface area contributed by atoms with E-state index in [9.17, 15) is 4.79 Å². The fourth-order valence-electron chi connectivity index (χ4n) is 2.58. The molecule has 1 aliphatic carbocycles. The van der Waals surface area contributed by atoms with E-state index in [0.29, 0.717) is 16.2 Å². The van der Waals surface area contributed by atoms with E-state index in [1.54, 1.807) is 6.20 Å². The van der Waals surface area contributed by atoms with Crippen LogP contribution in [0.1, 0.15) is 37.3 Å². The van der Waals surface area contributed by atoms with Gasteiger partial charge in [-0.25, -0.2) is 9.67 Å². The van der Waals surface area contributed by atoms with Gasteiger partial charge in [-0.2, -0.15) is 0 Å². The van der Waals surface area contributed by atoms with Gasteiger partial charge < -0.3 is 0 Å². The van der Waals surface area contributed by atoms with E-state index in [2.05, 4.69) is 41.9 Å². The first-order valence-electron chi connectivity index (χ1n) is 6.29. The molecule has 4 nitrogen and oxygen atoms in total. The van der Waals surface area contributed by atoms with Crippen molar-refractivity contribution in [1.29, 1.82) is 0 Å². The van der Waals surface area contributed by atoms with Gasteiger partial charge in [0.15, 0.2) is 5.82 Å². The molecular weight excluding hydrogens is 374 g/mol. The lowest BCUT2D eigenvalue weighted by molar-refractivity contribution is 0.672. The third kappa shape index (κ3) is 2.43. The van der Waals surface area contributed by atoms with Crippen molar-refractivity contribution < 1.29 is 0 Å². The number of rotatable bonds is 2. The molecule has 2 aromatic heterocycles. The molecule has 1 fully saturated rings. The third-order valence-corrected chi connectivity index (χ3v) is 4.80. The van der Waals surface area contributed by atoms with Crippen LogP contribution < -0.4 is 5.56 Å². The Morgan fingerprint density at radius 1 is 1.26 bits per heavy atom. The number of aromatic amines is 1. The van der Waals surface area contributed by atoms with Crippen LogP contribution in [-0.4, -0.2) is 14.8 Å². The zero-order valence-corrected chi connectivity index (χ0v) is 13.4. The van der Waals surface area contributed by atoms with Crippen molar-refractivity contribution in [3.05, 3.63) is 43.3 Å². The van der Waals surface area contributed by atoms with Crippen molar-refractivity contribution >= 4 is 31.9 Å². The molecule has 3 rings (SSSR count). The molecule has 1 N–H and O–H groups in total. The van der Waals surface area contributed by atoms with Gasteiger partial charge in [0.2, 0.25) is 0 Å². The largest absolute Gasteiger partial charge is 0.292 e. The summed E-state index contributed by atoms with van der Waals surface area (Å²) in [5, 5.41) is 3.21. The van der Waals surface area contributed by atoms with Crippen LogP contribution in [-0.2, 0) is 0 Å². The number of halogens is 2. The highest BCUT2D eigenvalue weighted by molar-refractivity contribution is 9.10. The van der Waals surface area contributed by atoms with Crippen LogP contribution in [0.3, 0.4) is 0 Å². The summed E-state index contributed by atoms with van der Waals surface area (Å²) in [4.78, 5) is 16.5. The average molecular weight is 387 g/mol. The van der Waals surface area contributed by atoms with Gasteiger partial charge in [-0.05, 0) is 56.8 Å². The molecule has 2 aromatic rings. The first kappa shape index (κ1) is 13.1. The van der Waals surface area contributed by atoms with Crippen LogP contribution in [0.5, 0.6) is 0 Å². The highest BCUT2D eigenvalue weighted by Crippen LogP contribution is 2.35. The Balaban J connectivity index is 2.05. The predicted octanol–water partition coefficient (Wildman–Crippen LogP) is 3.74. The van der Waals surface area contributed by atoms with E-state index in [1.165, 1.54) is 17.5 Å². The molecule has 0 unspecified atom stereocenters. The minimum absolute atomic E-state index is 0.0725. The van der Waals surface area contributed by atoms with E-state index >= 15 is 0 Å². The molecule has 100 valence electrons. The van der Waals surface area contributed by atoms with E-state index in [1.807, 2.05) is 12.1 Å². The number of nitrogens with zero attached hydrogens (tertiary/aromatic N) is 2. The smallest absolute Gasteiger partial charge is 0.287 e. The van der Waals surface area contributed by atoms with Crippen LogP contribution >= 0.6 is 31.9 Å². The zero-order valence-electron chi connectivity index (χ0n) is 10.2. The molecule has 0 bridgehead atoms. The van der Waals surface area contributed by atoms with Gasteiger partial charge >= 0.3 is 0 Å². The van der Waals surface area contributed by atoms with E-state index in [0.717, 1.165) is 23.0 Å². The topological polar surface area (TPSA) is 50.7 Å². The molecular formula is C13H13Br2N3O. The van der Waals surface area contributed by atoms with Crippen LogP contribution in [0.2, 0.25) is 0 Å². The lowest BCUT2D eigenvalue weighted by Gasteiger charge is -2.06. The summed E-state index contributed by atoms with van der Waals surface area (Å²) >= 11 is 6.76. The fraction of sp³-hybridized carbons (Fsp3) is 0.385. The van der Waals surface area contributed by atoms with Crippen LogP contribution in [0, 0.1) is 0 Å². The summed E-state index contributed by atoms with van der Waals surface area (Å²) < 4.78 is 3.04. The van der Waals surface area contributed by atoms with Crippen molar-refractivity contribution in [3.8, 4) is 5.82 Å². The highest BCUT2D eigenvalue weighted by Gasteiger charge is 2.24. The maximum absolute atomic E-state index is 12.3. The van der Waals surface area contributed by atoms with E-state index < -0.39 is 0 Å². The number of pyridine rings is 1. The van der Waals surface area contributed by atoms with Crippen molar-refractivity contribution in [2.45, 2.75) is 31.6 Å². The Hall–Kier alpha value is -0.880. The zero-order chi connectivity index (χ0) is 13.4. The molecule has 2 heterocycles. The van der Waals surface area contributed by atoms with Crippen LogP contribution in [0.15, 0.2) is 32.1 Å². The van der Waals surface area contributed by atoms with Crippen LogP contribution in [0.25, 0.3) is 5.82 Å². The molecule has 0 atom stereocenters. The minimum atomic E-state index is -0.0725. The number of aromatic nitrogens is 3. The quantitative estimate of drug-likeness (QED) is 0.854. The molecule has 19 heavy (non-hydrogen) atoms. The standard InChI is InChI=1S/C13H13Br2N3O/c14-9-5-6-10(16-7-9)18-13(19)11(15)12(17-18)8-3-1-2-4-8/h5-8,17H,1-4H2. The SMILES string of the molecule is O=c1c(Br)c(C2CCCC2)[nH]n1-c1ccc(Br)cn1. The first-order valence-corrected chi connectivity index (χ1v) is 7.88. The second-order valence-electron chi connectivity index (χ2n) is 4.80. The fourth-order valence-corrected chi connectivity index (χ4v) is 3.40. The highest BCUT2D eigenvalue weighted by atomic mass is 79.9. The Bertz CT molecular complexity index is 639. The maximum atomic E-state index is 12.3. The van der Waals surface area contributed by atoms with Crippen molar-refractivity contribution in [2.24, 2.45) is 0 Å². The van der Waals surface area contributed by atoms with E-state index in [4.69, 9.17) is 0 Å². The van der Waals surface area contributed by atoms with Crippen molar-refractivity contribution in [1.82, 2.24) is 14.8 Å². The van der Waals surface area contributed by atoms with E-state index in [-0.39, 0.29) is 5.56 Å². The lowest BCUT2D eigenvalue weighted by Crippen LogP contribution is -2.15. The Kier molecular flexibility index (Phi) is 3.62. The molecule has 0 aromatic carbocycles. The average Bonchev–Trinajstić information content (AvgIpc) is 3.02. The molecule has 0 aliphatic heterocycles. The number of H-pyrrole nitrogens is 1. The lowest BCUT2D eigenvalue weighted by atomic mass is 10.1. The summed E-state index contributed by atoms with van der Waals surface area (Å²) in [6, 6.07) is 3.69.